The molecule has 1 radical (unpaired) electrons. The van der Waals surface area contributed by atoms with Crippen LogP contribution in [0.1, 0.15) is 57.2 Å². The van der Waals surface area contributed by atoms with Crippen molar-refractivity contribution < 1.29 is 24.5 Å². The molecule has 0 saturated heterocycles. The van der Waals surface area contributed by atoms with Gasteiger partial charge in [0.1, 0.15) is 5.58 Å². The van der Waals surface area contributed by atoms with E-state index in [4.69, 9.17) is 14.4 Å². The maximum absolute atomic E-state index is 6.36. The Hall–Kier alpha value is -4.15. The molecule has 0 aliphatic rings. The molecule has 0 N–H and O–H groups in total. The van der Waals surface area contributed by atoms with E-state index in [1.165, 1.54) is 33.0 Å². The van der Waals surface area contributed by atoms with Gasteiger partial charge in [-0.25, -0.2) is 0 Å². The quantitative estimate of drug-likeness (QED) is 0.123. The number of aryl methyl sites for hydroxylation is 1. The number of aromatic nitrogens is 2. The first-order valence-electron chi connectivity index (χ1n) is 17.6. The van der Waals surface area contributed by atoms with Crippen LogP contribution in [0, 0.1) is 24.5 Å². The predicted molar refractivity (Wildman–Crippen MR) is 215 cm³/mol. The van der Waals surface area contributed by atoms with Crippen LogP contribution in [0.25, 0.3) is 55.6 Å². The molecule has 5 heteroatoms. The van der Waals surface area contributed by atoms with Crippen LogP contribution in [-0.4, -0.2) is 18.0 Å². The van der Waals surface area contributed by atoms with Gasteiger partial charge in [-0.2, -0.15) is 0 Å². The molecule has 3 aromatic heterocycles. The zero-order valence-corrected chi connectivity index (χ0v) is 34.7. The van der Waals surface area contributed by atoms with E-state index < -0.39 is 8.07 Å². The summed E-state index contributed by atoms with van der Waals surface area (Å²) in [6.45, 7) is 20.6. The van der Waals surface area contributed by atoms with Gasteiger partial charge in [-0.3, -0.25) is 0 Å². The number of benzene rings is 4. The van der Waals surface area contributed by atoms with Crippen molar-refractivity contribution in [1.29, 1.82) is 0 Å². The van der Waals surface area contributed by atoms with Crippen LogP contribution in [0.15, 0.2) is 114 Å². The molecule has 0 unspecified atom stereocenters. The summed E-state index contributed by atoms with van der Waals surface area (Å²) in [4.78, 5) is 9.41. The molecule has 7 aromatic rings. The number of rotatable bonds is 6. The van der Waals surface area contributed by atoms with Gasteiger partial charge in [-0.1, -0.05) is 125 Å². The second kappa shape index (κ2) is 15.6. The Morgan fingerprint density at radius 2 is 1.51 bits per heavy atom. The van der Waals surface area contributed by atoms with Gasteiger partial charge >= 0.3 is 0 Å². The second-order valence-corrected chi connectivity index (χ2v) is 20.9. The Labute approximate surface area is 319 Å². The van der Waals surface area contributed by atoms with Gasteiger partial charge in [0.25, 0.3) is 0 Å². The topological polar surface area (TPSA) is 38.9 Å². The minimum absolute atomic E-state index is 0. The van der Waals surface area contributed by atoms with Crippen molar-refractivity contribution in [2.75, 3.05) is 0 Å². The van der Waals surface area contributed by atoms with Gasteiger partial charge in [-0.05, 0) is 69.6 Å². The number of pyridine rings is 2. The Morgan fingerprint density at radius 1 is 0.784 bits per heavy atom. The Balaban J connectivity index is 0.000000205. The van der Waals surface area contributed by atoms with Crippen molar-refractivity contribution in [3.05, 3.63) is 138 Å². The van der Waals surface area contributed by atoms with Crippen LogP contribution in [0.4, 0.5) is 0 Å². The van der Waals surface area contributed by atoms with Crippen molar-refractivity contribution >= 4 is 35.2 Å². The van der Waals surface area contributed by atoms with Gasteiger partial charge in [0, 0.05) is 37.9 Å². The van der Waals surface area contributed by atoms with E-state index in [9.17, 15) is 0 Å². The second-order valence-electron chi connectivity index (χ2n) is 15.8. The van der Waals surface area contributed by atoms with Crippen LogP contribution in [0.5, 0.6) is 0 Å². The van der Waals surface area contributed by atoms with E-state index in [0.717, 1.165) is 50.9 Å². The van der Waals surface area contributed by atoms with Gasteiger partial charge in [-0.15, -0.1) is 54.1 Å². The average molecular weight is 865 g/mol. The summed E-state index contributed by atoms with van der Waals surface area (Å²) < 4.78 is 6.36. The summed E-state index contributed by atoms with van der Waals surface area (Å²) in [5.41, 5.74) is 12.3. The standard InChI is InChI=1S/C27H22NO.C19H26NSi.Ir/c1-17(2)23-15-24(28-16-18(23)3)21-12-7-13-22-26-20(19-9-5-4-6-10-19)11-8-14-25(26)29-27(21)22;1-19(2,3)13-16-12-17(15-10-8-7-9-11-15)20-14-18(16)21(4,5)6;/h4-11,13-17H,1-3H3;7-10,12,14H,13H2,1-6H3;/q2*-1;. The fourth-order valence-corrected chi connectivity index (χ4v) is 8.30. The van der Waals surface area contributed by atoms with Crippen molar-refractivity contribution in [2.24, 2.45) is 5.41 Å². The average Bonchev–Trinajstić information content (AvgIpc) is 3.48. The maximum atomic E-state index is 6.36. The van der Waals surface area contributed by atoms with E-state index in [0.29, 0.717) is 5.92 Å². The first-order valence-corrected chi connectivity index (χ1v) is 21.1. The molecule has 0 amide bonds. The van der Waals surface area contributed by atoms with E-state index in [2.05, 4.69) is 140 Å². The molecule has 3 heterocycles. The van der Waals surface area contributed by atoms with Crippen molar-refractivity contribution in [1.82, 2.24) is 9.97 Å². The Bertz CT molecular complexity index is 2240. The molecule has 0 bridgehead atoms. The third kappa shape index (κ3) is 8.67. The first-order chi connectivity index (χ1) is 23.8. The third-order valence-corrected chi connectivity index (χ3v) is 11.1. The van der Waals surface area contributed by atoms with E-state index >= 15 is 0 Å². The number of fused-ring (bicyclic) bond motifs is 3. The fourth-order valence-electron chi connectivity index (χ4n) is 6.73. The Kier molecular flexibility index (Phi) is 11.7. The third-order valence-electron chi connectivity index (χ3n) is 9.07. The molecule has 0 spiro atoms. The van der Waals surface area contributed by atoms with Gasteiger partial charge in [0.2, 0.25) is 0 Å². The van der Waals surface area contributed by atoms with Crippen molar-refractivity contribution in [3.63, 3.8) is 0 Å². The number of hydrogen-bond donors (Lipinski definition) is 0. The zero-order valence-electron chi connectivity index (χ0n) is 31.3. The Morgan fingerprint density at radius 3 is 2.18 bits per heavy atom. The van der Waals surface area contributed by atoms with E-state index in [1.54, 1.807) is 0 Å². The zero-order chi connectivity index (χ0) is 35.6. The predicted octanol–water partition coefficient (Wildman–Crippen LogP) is 12.2. The van der Waals surface area contributed by atoms with E-state index in [1.807, 2.05) is 42.6 Å². The molecule has 0 atom stereocenters. The summed E-state index contributed by atoms with van der Waals surface area (Å²) in [6.07, 6.45) is 5.16. The molecule has 0 saturated carbocycles. The normalized spacial score (nSPS) is 11.7. The molecule has 3 nitrogen and oxygen atoms in total. The monoisotopic (exact) mass is 865 g/mol. The van der Waals surface area contributed by atoms with E-state index in [-0.39, 0.29) is 25.5 Å². The van der Waals surface area contributed by atoms with Gasteiger partial charge in [0.15, 0.2) is 0 Å². The fraction of sp³-hybridized carbons (Fsp3) is 0.261. The largest absolute Gasteiger partial charge is 0.501 e. The van der Waals surface area contributed by atoms with Crippen LogP contribution in [-0.2, 0) is 26.5 Å². The molecule has 51 heavy (non-hydrogen) atoms. The number of furan rings is 1. The van der Waals surface area contributed by atoms with Gasteiger partial charge in [0.05, 0.1) is 13.7 Å². The van der Waals surface area contributed by atoms with Crippen LogP contribution >= 0.6 is 0 Å². The molecule has 7 rings (SSSR count). The first kappa shape index (κ1) is 38.1. The van der Waals surface area contributed by atoms with Crippen LogP contribution in [0.2, 0.25) is 19.6 Å². The molecular formula is C46H48IrN2OSi-2. The summed E-state index contributed by atoms with van der Waals surface area (Å²) in [5.74, 6) is 0.441. The number of hydrogen-bond acceptors (Lipinski definition) is 3. The molecular weight excluding hydrogens is 817 g/mol. The van der Waals surface area contributed by atoms with Crippen LogP contribution < -0.4 is 5.19 Å². The van der Waals surface area contributed by atoms with Crippen molar-refractivity contribution in [2.45, 2.75) is 73.5 Å². The minimum Gasteiger partial charge on any atom is -0.501 e. The smallest absolute Gasteiger partial charge is 0.121 e. The molecule has 0 aliphatic heterocycles. The molecule has 0 fully saturated rings. The molecule has 263 valence electrons. The summed E-state index contributed by atoms with van der Waals surface area (Å²) in [7, 11) is -1.37. The summed E-state index contributed by atoms with van der Waals surface area (Å²) in [5, 5.41) is 3.72. The SMILES string of the molecule is CC(C)(C)Cc1cc(-c2[c-]cccc2)ncc1[Si](C)(C)C.Cc1cnc(-c2[c-]ccc3c2oc2cccc(-c4ccccc4)c23)cc1C(C)C.[Ir]. The summed E-state index contributed by atoms with van der Waals surface area (Å²) >= 11 is 0. The molecule has 4 aromatic carbocycles. The van der Waals surface area contributed by atoms with Crippen molar-refractivity contribution in [3.8, 4) is 33.6 Å². The number of nitrogens with zero attached hydrogens (tertiary/aromatic N) is 2. The molecule has 0 aliphatic carbocycles. The maximum Gasteiger partial charge on any atom is 0.121 e. The van der Waals surface area contributed by atoms with Gasteiger partial charge < -0.3 is 14.4 Å². The summed E-state index contributed by atoms with van der Waals surface area (Å²) in [6, 6.07) is 40.0. The minimum atomic E-state index is -1.37. The van der Waals surface area contributed by atoms with Crippen LogP contribution in [0.3, 0.4) is 0 Å².